The Morgan fingerprint density at radius 1 is 0.275 bits per heavy atom. The van der Waals surface area contributed by atoms with Crippen molar-refractivity contribution in [3.8, 4) is 0 Å². The molecule has 0 aliphatic carbocycles. The van der Waals surface area contributed by atoms with E-state index in [1.165, 1.54) is 244 Å². The molecule has 0 fully saturated rings. The van der Waals surface area contributed by atoms with E-state index in [0.717, 1.165) is 57.8 Å². The highest BCUT2D eigenvalue weighted by Crippen LogP contribution is 2.17. The van der Waals surface area contributed by atoms with E-state index >= 15 is 0 Å². The number of ether oxygens (including phenoxy) is 3. The molecule has 1 atom stereocenters. The summed E-state index contributed by atoms with van der Waals surface area (Å²) in [4.78, 5) is 38.1. The molecule has 0 heterocycles. The molecule has 0 aromatic heterocycles. The maximum Gasteiger partial charge on any atom is 0.306 e. The molecule has 1 unspecified atom stereocenters. The van der Waals surface area contributed by atoms with E-state index in [0.29, 0.717) is 19.3 Å². The van der Waals surface area contributed by atoms with E-state index in [-0.39, 0.29) is 31.1 Å². The van der Waals surface area contributed by atoms with E-state index in [9.17, 15) is 14.4 Å². The third kappa shape index (κ3) is 56.7. The first-order valence-corrected chi connectivity index (χ1v) is 30.8. The lowest BCUT2D eigenvalue weighted by Crippen LogP contribution is -2.30. The van der Waals surface area contributed by atoms with Gasteiger partial charge in [0.2, 0.25) is 0 Å². The Morgan fingerprint density at radius 2 is 0.478 bits per heavy atom. The average molecular weight is 972 g/mol. The van der Waals surface area contributed by atoms with Crippen LogP contribution in [0.1, 0.15) is 342 Å². The van der Waals surface area contributed by atoms with Gasteiger partial charge in [0.1, 0.15) is 13.2 Å². The van der Waals surface area contributed by atoms with Crippen LogP contribution in [0.4, 0.5) is 0 Å². The van der Waals surface area contributed by atoms with Gasteiger partial charge in [0, 0.05) is 19.3 Å². The van der Waals surface area contributed by atoms with Crippen molar-refractivity contribution >= 4 is 17.9 Å². The lowest BCUT2D eigenvalue weighted by atomic mass is 10.0. The lowest BCUT2D eigenvalue weighted by Gasteiger charge is -2.18. The van der Waals surface area contributed by atoms with Gasteiger partial charge < -0.3 is 14.2 Å². The molecular formula is C63H118O6. The van der Waals surface area contributed by atoms with Gasteiger partial charge in [-0.1, -0.05) is 276 Å². The number of allylic oxidation sites excluding steroid dienone is 4. The zero-order valence-electron chi connectivity index (χ0n) is 46.6. The van der Waals surface area contributed by atoms with Gasteiger partial charge in [-0.05, 0) is 70.6 Å². The molecule has 6 nitrogen and oxygen atoms in total. The first kappa shape index (κ1) is 66.9. The molecule has 69 heavy (non-hydrogen) atoms. The zero-order chi connectivity index (χ0) is 50.0. The molecule has 0 amide bonds. The Balaban J connectivity index is 4.16. The summed E-state index contributed by atoms with van der Waals surface area (Å²) in [5.41, 5.74) is 0. The molecule has 0 rings (SSSR count). The Bertz CT molecular complexity index is 1110. The molecule has 0 radical (unpaired) electrons. The molecule has 6 heteroatoms. The Morgan fingerprint density at radius 3 is 0.725 bits per heavy atom. The van der Waals surface area contributed by atoms with Crippen LogP contribution in [0.25, 0.3) is 0 Å². The highest BCUT2D eigenvalue weighted by atomic mass is 16.6. The molecule has 0 aliphatic heterocycles. The van der Waals surface area contributed by atoms with Crippen LogP contribution in [0.15, 0.2) is 24.3 Å². The van der Waals surface area contributed by atoms with Gasteiger partial charge in [-0.2, -0.15) is 0 Å². The standard InChI is InChI=1S/C63H118O6/c1-4-7-10-13-16-19-21-23-25-27-28-29-30-31-32-33-34-36-37-39-41-44-47-50-53-56-62(65)68-59-60(58-67-61(64)55-52-49-46-43-18-15-12-9-6-3)69-63(66)57-54-51-48-45-42-40-38-35-26-24-22-20-17-14-11-8-5-2/h24,26-28,60H,4-23,25,29-59H2,1-3H3/b26-24-,28-27-. The highest BCUT2D eigenvalue weighted by molar-refractivity contribution is 5.71. The molecule has 0 spiro atoms. The highest BCUT2D eigenvalue weighted by Gasteiger charge is 2.19. The summed E-state index contributed by atoms with van der Waals surface area (Å²) in [5.74, 6) is -0.855. The fourth-order valence-electron chi connectivity index (χ4n) is 9.26. The number of rotatable bonds is 57. The smallest absolute Gasteiger partial charge is 0.306 e. The number of hydrogen-bond acceptors (Lipinski definition) is 6. The molecular weight excluding hydrogens is 853 g/mol. The summed E-state index contributed by atoms with van der Waals surface area (Å²) in [6.45, 7) is 6.66. The quantitative estimate of drug-likeness (QED) is 0.0261. The first-order valence-electron chi connectivity index (χ1n) is 30.8. The molecule has 0 aromatic rings. The average Bonchev–Trinajstić information content (AvgIpc) is 3.35. The van der Waals surface area contributed by atoms with Crippen molar-refractivity contribution < 1.29 is 28.6 Å². The van der Waals surface area contributed by atoms with Gasteiger partial charge in [0.15, 0.2) is 6.10 Å². The van der Waals surface area contributed by atoms with Crippen LogP contribution in [0.3, 0.4) is 0 Å². The third-order valence-electron chi connectivity index (χ3n) is 13.9. The normalized spacial score (nSPS) is 12.1. The van der Waals surface area contributed by atoms with Crippen LogP contribution in [-0.4, -0.2) is 37.2 Å². The van der Waals surface area contributed by atoms with Gasteiger partial charge in [-0.15, -0.1) is 0 Å². The van der Waals surface area contributed by atoms with Crippen LogP contribution in [-0.2, 0) is 28.6 Å². The Labute approximate surface area is 430 Å². The number of esters is 3. The number of unbranched alkanes of at least 4 members (excludes halogenated alkanes) is 42. The second kappa shape index (κ2) is 58.5. The first-order chi connectivity index (χ1) is 34.0. The van der Waals surface area contributed by atoms with Crippen LogP contribution in [0, 0.1) is 0 Å². The predicted octanol–water partition coefficient (Wildman–Crippen LogP) is 20.7. The van der Waals surface area contributed by atoms with Crippen molar-refractivity contribution in [2.75, 3.05) is 13.2 Å². The molecule has 406 valence electrons. The maximum atomic E-state index is 12.8. The maximum absolute atomic E-state index is 12.8. The summed E-state index contributed by atoms with van der Waals surface area (Å²) in [6, 6.07) is 0. The van der Waals surface area contributed by atoms with Crippen molar-refractivity contribution in [2.45, 2.75) is 348 Å². The number of hydrogen-bond donors (Lipinski definition) is 0. The second-order valence-electron chi connectivity index (χ2n) is 21.0. The summed E-state index contributed by atoms with van der Waals surface area (Å²) >= 11 is 0. The van der Waals surface area contributed by atoms with E-state index in [2.05, 4.69) is 45.1 Å². The van der Waals surface area contributed by atoms with E-state index < -0.39 is 6.10 Å². The molecule has 0 bridgehead atoms. The molecule has 0 aromatic carbocycles. The summed E-state index contributed by atoms with van der Waals surface area (Å²) in [7, 11) is 0. The van der Waals surface area contributed by atoms with Gasteiger partial charge >= 0.3 is 17.9 Å². The van der Waals surface area contributed by atoms with Crippen LogP contribution in [0.5, 0.6) is 0 Å². The minimum absolute atomic E-state index is 0.0685. The molecule has 0 N–H and O–H groups in total. The largest absolute Gasteiger partial charge is 0.462 e. The van der Waals surface area contributed by atoms with Crippen molar-refractivity contribution in [1.29, 1.82) is 0 Å². The van der Waals surface area contributed by atoms with Gasteiger partial charge in [-0.25, -0.2) is 0 Å². The fraction of sp³-hybridized carbons (Fsp3) is 0.889. The predicted molar refractivity (Wildman–Crippen MR) is 298 cm³/mol. The summed E-state index contributed by atoms with van der Waals surface area (Å²) in [5, 5.41) is 0. The number of carbonyl (C=O) groups excluding carboxylic acids is 3. The topological polar surface area (TPSA) is 78.9 Å². The Hall–Kier alpha value is -2.11. The fourth-order valence-corrected chi connectivity index (χ4v) is 9.26. The van der Waals surface area contributed by atoms with Gasteiger partial charge in [-0.3, -0.25) is 14.4 Å². The van der Waals surface area contributed by atoms with Gasteiger partial charge in [0.25, 0.3) is 0 Å². The monoisotopic (exact) mass is 971 g/mol. The van der Waals surface area contributed by atoms with Gasteiger partial charge in [0.05, 0.1) is 0 Å². The van der Waals surface area contributed by atoms with Crippen LogP contribution in [0.2, 0.25) is 0 Å². The van der Waals surface area contributed by atoms with E-state index in [1.807, 2.05) is 0 Å². The molecule has 0 saturated heterocycles. The zero-order valence-corrected chi connectivity index (χ0v) is 46.6. The van der Waals surface area contributed by atoms with E-state index in [1.54, 1.807) is 0 Å². The van der Waals surface area contributed by atoms with Crippen LogP contribution < -0.4 is 0 Å². The SMILES string of the molecule is CCCCCCCC/C=C\CCCCCCCCCC(=O)OC(COC(=O)CCCCCCCCCCC)COC(=O)CCCCCCCCCCCCCCC/C=C\CCCCCCCCCC. The molecule has 0 aliphatic rings. The van der Waals surface area contributed by atoms with Crippen molar-refractivity contribution in [2.24, 2.45) is 0 Å². The minimum atomic E-state index is -0.769. The third-order valence-corrected chi connectivity index (χ3v) is 13.9. The van der Waals surface area contributed by atoms with E-state index in [4.69, 9.17) is 14.2 Å². The summed E-state index contributed by atoms with van der Waals surface area (Å²) < 4.78 is 16.9. The van der Waals surface area contributed by atoms with Crippen molar-refractivity contribution in [3.05, 3.63) is 24.3 Å². The lowest BCUT2D eigenvalue weighted by molar-refractivity contribution is -0.167. The second-order valence-corrected chi connectivity index (χ2v) is 21.0. The van der Waals surface area contributed by atoms with Crippen molar-refractivity contribution in [1.82, 2.24) is 0 Å². The Kier molecular flexibility index (Phi) is 56.7. The van der Waals surface area contributed by atoms with Crippen LogP contribution >= 0.6 is 0 Å². The summed E-state index contributed by atoms with van der Waals surface area (Å²) in [6.07, 6.45) is 69.1. The minimum Gasteiger partial charge on any atom is -0.462 e. The van der Waals surface area contributed by atoms with Crippen molar-refractivity contribution in [3.63, 3.8) is 0 Å². The number of carbonyl (C=O) groups is 3. The molecule has 0 saturated carbocycles.